The highest BCUT2D eigenvalue weighted by Gasteiger charge is 2.57. The van der Waals surface area contributed by atoms with Crippen molar-refractivity contribution in [1.82, 2.24) is 4.90 Å². The highest BCUT2D eigenvalue weighted by Crippen LogP contribution is 2.59. The van der Waals surface area contributed by atoms with Gasteiger partial charge in [0, 0.05) is 24.1 Å². The monoisotopic (exact) mass is 397 g/mol. The Morgan fingerprint density at radius 2 is 1.97 bits per heavy atom. The van der Waals surface area contributed by atoms with E-state index in [0.29, 0.717) is 23.0 Å². The summed E-state index contributed by atoms with van der Waals surface area (Å²) in [7, 11) is 1.52. The molecule has 2 atom stereocenters. The number of methoxy groups -OCH3 is 1. The lowest BCUT2D eigenvalue weighted by Gasteiger charge is -2.32. The van der Waals surface area contributed by atoms with E-state index in [-0.39, 0.29) is 17.9 Å². The van der Waals surface area contributed by atoms with Gasteiger partial charge in [-0.3, -0.25) is 4.79 Å². The first-order valence-corrected chi connectivity index (χ1v) is 10.2. The summed E-state index contributed by atoms with van der Waals surface area (Å²) >= 11 is 0. The first-order valence-electron chi connectivity index (χ1n) is 10.2. The lowest BCUT2D eigenvalue weighted by molar-refractivity contribution is 0.0706. The van der Waals surface area contributed by atoms with Gasteiger partial charge in [-0.2, -0.15) is 0 Å². The molecule has 0 N–H and O–H groups in total. The second-order valence-corrected chi connectivity index (χ2v) is 8.80. The summed E-state index contributed by atoms with van der Waals surface area (Å²) in [6, 6.07) is 15.8. The second-order valence-electron chi connectivity index (χ2n) is 8.80. The molecule has 154 valence electrons. The van der Waals surface area contributed by atoms with Gasteiger partial charge in [0.2, 0.25) is 0 Å². The molecule has 1 saturated heterocycles. The Morgan fingerprint density at radius 3 is 2.62 bits per heavy atom. The highest BCUT2D eigenvalue weighted by atomic mass is 19.1. The molecule has 1 aliphatic carbocycles. The van der Waals surface area contributed by atoms with Crippen LogP contribution >= 0.6 is 0 Å². The number of piperidine rings is 1. The Labute approximate surface area is 171 Å². The first kappa shape index (κ1) is 19.7. The maximum atomic E-state index is 13.7. The van der Waals surface area contributed by atoms with Crippen LogP contribution in [0.2, 0.25) is 0 Å². The zero-order valence-electron chi connectivity index (χ0n) is 17.3. The van der Waals surface area contributed by atoms with Gasteiger partial charge in [0.15, 0.2) is 11.5 Å². The van der Waals surface area contributed by atoms with Gasteiger partial charge in [-0.1, -0.05) is 30.3 Å². The van der Waals surface area contributed by atoms with E-state index in [2.05, 4.69) is 24.3 Å². The molecule has 4 rings (SSSR count). The smallest absolute Gasteiger partial charge is 0.254 e. The van der Waals surface area contributed by atoms with Crippen LogP contribution in [0, 0.1) is 5.92 Å². The molecule has 5 heteroatoms. The molecule has 4 nitrogen and oxygen atoms in total. The fourth-order valence-corrected chi connectivity index (χ4v) is 4.42. The molecule has 0 aromatic heterocycles. The summed E-state index contributed by atoms with van der Waals surface area (Å²) in [5.41, 5.74) is 0.785. The lowest BCUT2D eigenvalue weighted by Crippen LogP contribution is -2.40. The molecular formula is C24H28FNO3. The van der Waals surface area contributed by atoms with Crippen molar-refractivity contribution in [3.8, 4) is 11.5 Å². The number of likely N-dealkylation sites (tertiary alicyclic amines) is 1. The number of fused-ring (bicyclic) bond motifs is 1. The summed E-state index contributed by atoms with van der Waals surface area (Å²) in [6.45, 7) is 4.37. The van der Waals surface area contributed by atoms with E-state index in [9.17, 15) is 9.18 Å². The quantitative estimate of drug-likeness (QED) is 0.714. The lowest BCUT2D eigenvalue weighted by atomic mass is 9.87. The largest absolute Gasteiger partial charge is 0.493 e. The molecule has 2 aromatic carbocycles. The predicted octanol–water partition coefficient (Wildman–Crippen LogP) is 4.63. The zero-order valence-corrected chi connectivity index (χ0v) is 17.3. The fourth-order valence-electron chi connectivity index (χ4n) is 4.42. The number of alkyl halides is 1. The van der Waals surface area contributed by atoms with Crippen LogP contribution in [-0.2, 0) is 5.41 Å². The van der Waals surface area contributed by atoms with E-state index in [1.807, 2.05) is 11.0 Å². The average molecular weight is 397 g/mol. The molecule has 29 heavy (non-hydrogen) atoms. The number of carbonyl (C=O) groups excluding carboxylic acids is 1. The van der Waals surface area contributed by atoms with E-state index in [1.165, 1.54) is 26.5 Å². The molecule has 2 unspecified atom stereocenters. The molecule has 2 fully saturated rings. The maximum Gasteiger partial charge on any atom is 0.254 e. The van der Waals surface area contributed by atoms with Crippen molar-refractivity contribution in [2.75, 3.05) is 26.8 Å². The van der Waals surface area contributed by atoms with Crippen molar-refractivity contribution >= 4 is 5.91 Å². The summed E-state index contributed by atoms with van der Waals surface area (Å²) in [4.78, 5) is 15.0. The normalized spacial score (nSPS) is 23.3. The van der Waals surface area contributed by atoms with Crippen LogP contribution in [0.4, 0.5) is 4.39 Å². The minimum Gasteiger partial charge on any atom is -0.493 e. The number of hydrogen-bond acceptors (Lipinski definition) is 3. The molecule has 1 amide bonds. The number of amides is 1. The summed E-state index contributed by atoms with van der Waals surface area (Å²) in [6.07, 6.45) is 2.15. The van der Waals surface area contributed by atoms with Gasteiger partial charge in [-0.15, -0.1) is 0 Å². The van der Waals surface area contributed by atoms with E-state index in [0.717, 1.165) is 25.9 Å². The van der Waals surface area contributed by atoms with Crippen LogP contribution in [0.3, 0.4) is 0 Å². The Balaban J connectivity index is 1.44. The molecule has 1 saturated carbocycles. The standard InChI is InChI=1S/C24H28FNO3/c1-23(2,25)16-29-20-10-9-17(13-21(20)28-3)22(27)26-12-11-24(14-19(24)15-26)18-7-5-4-6-8-18/h4-10,13,19H,11-12,14-16H2,1-3H3. The van der Waals surface area contributed by atoms with E-state index in [1.54, 1.807) is 18.2 Å². The van der Waals surface area contributed by atoms with Gasteiger partial charge in [-0.05, 0) is 56.4 Å². The molecular weight excluding hydrogens is 369 g/mol. The minimum atomic E-state index is -1.44. The van der Waals surface area contributed by atoms with Gasteiger partial charge in [-0.25, -0.2) is 4.39 Å². The van der Waals surface area contributed by atoms with Crippen LogP contribution in [0.25, 0.3) is 0 Å². The Bertz CT molecular complexity index is 893. The van der Waals surface area contributed by atoms with Crippen molar-refractivity contribution < 1.29 is 18.7 Å². The van der Waals surface area contributed by atoms with E-state index < -0.39 is 5.67 Å². The molecule has 2 aliphatic rings. The second kappa shape index (κ2) is 7.36. The van der Waals surface area contributed by atoms with E-state index >= 15 is 0 Å². The zero-order chi connectivity index (χ0) is 20.6. The number of carbonyl (C=O) groups is 1. The fraction of sp³-hybridized carbons (Fsp3) is 0.458. The average Bonchev–Trinajstić information content (AvgIpc) is 3.46. The molecule has 0 radical (unpaired) electrons. The Kier molecular flexibility index (Phi) is 5.01. The third kappa shape index (κ3) is 3.96. The molecule has 1 aliphatic heterocycles. The van der Waals surface area contributed by atoms with E-state index in [4.69, 9.17) is 9.47 Å². The summed E-state index contributed by atoms with van der Waals surface area (Å²) in [5, 5.41) is 0. The van der Waals surface area contributed by atoms with Crippen LogP contribution < -0.4 is 9.47 Å². The molecule has 2 aromatic rings. The summed E-state index contributed by atoms with van der Waals surface area (Å²) < 4.78 is 24.6. The number of rotatable bonds is 6. The topological polar surface area (TPSA) is 38.8 Å². The SMILES string of the molecule is COc1cc(C(=O)N2CCC3(c4ccccc4)CC3C2)ccc1OCC(C)(C)F. The number of hydrogen-bond donors (Lipinski definition) is 0. The first-order chi connectivity index (χ1) is 13.8. The van der Waals surface area contributed by atoms with Crippen molar-refractivity contribution in [2.24, 2.45) is 5.92 Å². The van der Waals surface area contributed by atoms with Crippen molar-refractivity contribution in [3.63, 3.8) is 0 Å². The van der Waals surface area contributed by atoms with Crippen LogP contribution in [0.15, 0.2) is 48.5 Å². The molecule has 0 bridgehead atoms. The van der Waals surface area contributed by atoms with Crippen molar-refractivity contribution in [2.45, 2.75) is 37.8 Å². The third-order valence-electron chi connectivity index (χ3n) is 6.12. The Hall–Kier alpha value is -2.56. The predicted molar refractivity (Wildman–Crippen MR) is 110 cm³/mol. The van der Waals surface area contributed by atoms with Gasteiger partial charge >= 0.3 is 0 Å². The molecule has 1 heterocycles. The van der Waals surface area contributed by atoms with Crippen molar-refractivity contribution in [3.05, 3.63) is 59.7 Å². The van der Waals surface area contributed by atoms with Gasteiger partial charge in [0.25, 0.3) is 5.91 Å². The number of benzene rings is 2. The summed E-state index contributed by atoms with van der Waals surface area (Å²) in [5.74, 6) is 1.42. The van der Waals surface area contributed by atoms with Crippen LogP contribution in [0.1, 0.15) is 42.6 Å². The number of nitrogens with zero attached hydrogens (tertiary/aromatic N) is 1. The number of ether oxygens (including phenoxy) is 2. The Morgan fingerprint density at radius 1 is 1.21 bits per heavy atom. The van der Waals surface area contributed by atoms with Crippen molar-refractivity contribution in [1.29, 1.82) is 0 Å². The molecule has 0 spiro atoms. The minimum absolute atomic E-state index is 0.00855. The third-order valence-corrected chi connectivity index (χ3v) is 6.12. The van der Waals surface area contributed by atoms with Gasteiger partial charge in [0.1, 0.15) is 12.3 Å². The van der Waals surface area contributed by atoms with Gasteiger partial charge < -0.3 is 14.4 Å². The number of halogens is 1. The maximum absolute atomic E-state index is 13.7. The van der Waals surface area contributed by atoms with Crippen LogP contribution in [0.5, 0.6) is 11.5 Å². The highest BCUT2D eigenvalue weighted by molar-refractivity contribution is 5.95. The van der Waals surface area contributed by atoms with Crippen LogP contribution in [-0.4, -0.2) is 43.3 Å². The van der Waals surface area contributed by atoms with Gasteiger partial charge in [0.05, 0.1) is 7.11 Å².